The van der Waals surface area contributed by atoms with Crippen LogP contribution in [0.2, 0.25) is 0 Å². The molecule has 1 aliphatic rings. The Bertz CT molecular complexity index is 558. The first kappa shape index (κ1) is 20.6. The van der Waals surface area contributed by atoms with Gasteiger partial charge in [0, 0.05) is 39.3 Å². The molecule has 6 heteroatoms. The van der Waals surface area contributed by atoms with Crippen molar-refractivity contribution < 1.29 is 9.13 Å². The number of halogens is 1. The predicted octanol–water partition coefficient (Wildman–Crippen LogP) is 2.28. The molecule has 0 amide bonds. The fraction of sp³-hybridized carbons (Fsp3) is 0.650. The molecule has 1 aromatic rings. The lowest BCUT2D eigenvalue weighted by molar-refractivity contribution is 0.0132. The van der Waals surface area contributed by atoms with Crippen LogP contribution >= 0.6 is 0 Å². The van der Waals surface area contributed by atoms with Crippen LogP contribution in [0.1, 0.15) is 25.8 Å². The van der Waals surface area contributed by atoms with Crippen molar-refractivity contribution in [2.24, 2.45) is 10.9 Å². The molecular weight excluding hydrogens is 331 g/mol. The smallest absolute Gasteiger partial charge is 0.191 e. The van der Waals surface area contributed by atoms with Gasteiger partial charge in [-0.05, 0) is 36.5 Å². The first-order chi connectivity index (χ1) is 12.6. The van der Waals surface area contributed by atoms with E-state index in [1.807, 2.05) is 6.07 Å². The maximum atomic E-state index is 13.2. The lowest BCUT2D eigenvalue weighted by Gasteiger charge is -2.35. The van der Waals surface area contributed by atoms with Crippen molar-refractivity contribution >= 4 is 5.96 Å². The maximum absolute atomic E-state index is 13.2. The summed E-state index contributed by atoms with van der Waals surface area (Å²) in [4.78, 5) is 6.82. The number of rotatable bonds is 8. The van der Waals surface area contributed by atoms with Gasteiger partial charge in [-0.15, -0.1) is 0 Å². The minimum atomic E-state index is -0.188. The molecule has 5 nitrogen and oxygen atoms in total. The van der Waals surface area contributed by atoms with Gasteiger partial charge in [0.1, 0.15) is 5.82 Å². The lowest BCUT2D eigenvalue weighted by atomic mass is 10.0. The van der Waals surface area contributed by atoms with E-state index >= 15 is 0 Å². The largest absolute Gasteiger partial charge is 0.379 e. The van der Waals surface area contributed by atoms with Crippen LogP contribution in [0.4, 0.5) is 4.39 Å². The summed E-state index contributed by atoms with van der Waals surface area (Å²) in [5.41, 5.74) is 0.985. The molecule has 1 aromatic carbocycles. The molecule has 0 bridgehead atoms. The average Bonchev–Trinajstić information content (AvgIpc) is 2.64. The molecule has 0 saturated carbocycles. The molecule has 26 heavy (non-hydrogen) atoms. The summed E-state index contributed by atoms with van der Waals surface area (Å²) in [7, 11) is 1.78. The van der Waals surface area contributed by atoms with E-state index in [2.05, 4.69) is 34.4 Å². The van der Waals surface area contributed by atoms with Gasteiger partial charge < -0.3 is 15.4 Å². The number of aliphatic imine (C=N–C) groups is 1. The van der Waals surface area contributed by atoms with Gasteiger partial charge >= 0.3 is 0 Å². The van der Waals surface area contributed by atoms with Gasteiger partial charge in [-0.2, -0.15) is 0 Å². The minimum absolute atomic E-state index is 0.188. The summed E-state index contributed by atoms with van der Waals surface area (Å²) in [6, 6.07) is 7.21. The van der Waals surface area contributed by atoms with Gasteiger partial charge in [0.2, 0.25) is 0 Å². The van der Waals surface area contributed by atoms with Crippen molar-refractivity contribution in [1.29, 1.82) is 0 Å². The maximum Gasteiger partial charge on any atom is 0.191 e. The summed E-state index contributed by atoms with van der Waals surface area (Å²) in [6.07, 6.45) is 1.91. The molecule has 146 valence electrons. The standard InChI is InChI=1S/C20H33FN4O/c1-16(2)13-19(25-9-11-26-12-10-25)15-24-20(22-3)23-8-7-17-5-4-6-18(21)14-17/h4-6,14,16,19H,7-13,15H2,1-3H3,(H2,22,23,24). The molecular formula is C20H33FN4O. The van der Waals surface area contributed by atoms with Gasteiger partial charge in [-0.1, -0.05) is 26.0 Å². The van der Waals surface area contributed by atoms with Gasteiger partial charge in [-0.25, -0.2) is 4.39 Å². The Labute approximate surface area is 157 Å². The number of benzene rings is 1. The van der Waals surface area contributed by atoms with Crippen molar-refractivity contribution in [1.82, 2.24) is 15.5 Å². The molecule has 0 radical (unpaired) electrons. The minimum Gasteiger partial charge on any atom is -0.379 e. The second kappa shape index (κ2) is 11.1. The van der Waals surface area contributed by atoms with Crippen molar-refractivity contribution in [3.63, 3.8) is 0 Å². The quantitative estimate of drug-likeness (QED) is 0.549. The van der Waals surface area contributed by atoms with E-state index in [1.54, 1.807) is 19.2 Å². The van der Waals surface area contributed by atoms with Crippen LogP contribution in [0, 0.1) is 11.7 Å². The van der Waals surface area contributed by atoms with Crippen LogP contribution in [0.3, 0.4) is 0 Å². The molecule has 2 rings (SSSR count). The van der Waals surface area contributed by atoms with Crippen molar-refractivity contribution in [2.45, 2.75) is 32.7 Å². The highest BCUT2D eigenvalue weighted by molar-refractivity contribution is 5.79. The Kier molecular flexibility index (Phi) is 8.85. The molecule has 0 aliphatic carbocycles. The summed E-state index contributed by atoms with van der Waals surface area (Å²) >= 11 is 0. The van der Waals surface area contributed by atoms with Crippen molar-refractivity contribution in [2.75, 3.05) is 46.4 Å². The van der Waals surface area contributed by atoms with Gasteiger partial charge in [0.25, 0.3) is 0 Å². The van der Waals surface area contributed by atoms with Crippen LogP contribution in [-0.4, -0.2) is 63.3 Å². The van der Waals surface area contributed by atoms with E-state index in [-0.39, 0.29) is 5.82 Å². The fourth-order valence-corrected chi connectivity index (χ4v) is 3.30. The Hall–Kier alpha value is -1.66. The number of ether oxygens (including phenoxy) is 1. The number of nitrogens with one attached hydrogen (secondary N) is 2. The van der Waals surface area contributed by atoms with E-state index in [9.17, 15) is 4.39 Å². The molecule has 1 heterocycles. The van der Waals surface area contributed by atoms with E-state index < -0.39 is 0 Å². The molecule has 0 aromatic heterocycles. The van der Waals surface area contributed by atoms with E-state index in [4.69, 9.17) is 4.74 Å². The molecule has 1 aliphatic heterocycles. The predicted molar refractivity (Wildman–Crippen MR) is 105 cm³/mol. The Morgan fingerprint density at radius 2 is 2.04 bits per heavy atom. The van der Waals surface area contributed by atoms with Gasteiger partial charge in [-0.3, -0.25) is 9.89 Å². The van der Waals surface area contributed by atoms with Crippen LogP contribution in [-0.2, 0) is 11.2 Å². The highest BCUT2D eigenvalue weighted by Gasteiger charge is 2.22. The summed E-state index contributed by atoms with van der Waals surface area (Å²) in [5, 5.41) is 6.77. The topological polar surface area (TPSA) is 48.9 Å². The third-order valence-electron chi connectivity index (χ3n) is 4.63. The van der Waals surface area contributed by atoms with Crippen molar-refractivity contribution in [3.8, 4) is 0 Å². The SMILES string of the molecule is CN=C(NCCc1cccc(F)c1)NCC(CC(C)C)N1CCOCC1. The zero-order chi connectivity index (χ0) is 18.8. The van der Waals surface area contributed by atoms with Crippen LogP contribution in [0.15, 0.2) is 29.3 Å². The van der Waals surface area contributed by atoms with Gasteiger partial charge in [0.15, 0.2) is 5.96 Å². The third kappa shape index (κ3) is 7.30. The first-order valence-corrected chi connectivity index (χ1v) is 9.59. The van der Waals surface area contributed by atoms with Crippen LogP contribution in [0.25, 0.3) is 0 Å². The number of hydrogen-bond acceptors (Lipinski definition) is 3. The Morgan fingerprint density at radius 3 is 2.69 bits per heavy atom. The summed E-state index contributed by atoms with van der Waals surface area (Å²) < 4.78 is 18.7. The Balaban J connectivity index is 1.79. The second-order valence-electron chi connectivity index (χ2n) is 7.19. The number of morpholine rings is 1. The highest BCUT2D eigenvalue weighted by atomic mass is 19.1. The Morgan fingerprint density at radius 1 is 1.27 bits per heavy atom. The molecule has 1 saturated heterocycles. The second-order valence-corrected chi connectivity index (χ2v) is 7.19. The molecule has 1 fully saturated rings. The number of hydrogen-bond donors (Lipinski definition) is 2. The van der Waals surface area contributed by atoms with E-state index in [0.717, 1.165) is 63.8 Å². The van der Waals surface area contributed by atoms with E-state index in [1.165, 1.54) is 6.07 Å². The molecule has 1 unspecified atom stereocenters. The number of nitrogens with zero attached hydrogens (tertiary/aromatic N) is 2. The van der Waals surface area contributed by atoms with E-state index in [0.29, 0.717) is 12.0 Å². The molecule has 1 atom stereocenters. The summed E-state index contributed by atoms with van der Waals surface area (Å²) in [6.45, 7) is 9.71. The van der Waals surface area contributed by atoms with Crippen LogP contribution < -0.4 is 10.6 Å². The third-order valence-corrected chi connectivity index (χ3v) is 4.63. The monoisotopic (exact) mass is 364 g/mol. The first-order valence-electron chi connectivity index (χ1n) is 9.59. The average molecular weight is 365 g/mol. The molecule has 0 spiro atoms. The number of guanidine groups is 1. The normalized spacial score (nSPS) is 17.3. The zero-order valence-electron chi connectivity index (χ0n) is 16.3. The summed E-state index contributed by atoms with van der Waals surface area (Å²) in [5.74, 6) is 1.25. The zero-order valence-corrected chi connectivity index (χ0v) is 16.3. The van der Waals surface area contributed by atoms with Crippen molar-refractivity contribution in [3.05, 3.63) is 35.6 Å². The lowest BCUT2D eigenvalue weighted by Crippen LogP contribution is -2.51. The van der Waals surface area contributed by atoms with Gasteiger partial charge in [0.05, 0.1) is 13.2 Å². The fourth-order valence-electron chi connectivity index (χ4n) is 3.30. The molecule has 2 N–H and O–H groups in total. The highest BCUT2D eigenvalue weighted by Crippen LogP contribution is 2.13. The van der Waals surface area contributed by atoms with Crippen LogP contribution in [0.5, 0.6) is 0 Å².